The Bertz CT molecular complexity index is 962. The molecule has 0 fully saturated rings. The van der Waals surface area contributed by atoms with E-state index in [9.17, 15) is 4.79 Å². The number of benzene rings is 1. The lowest BCUT2D eigenvalue weighted by atomic mass is 10.1. The molecule has 0 saturated heterocycles. The van der Waals surface area contributed by atoms with Gasteiger partial charge >= 0.3 is 0 Å². The molecule has 0 aliphatic rings. The molecule has 0 aliphatic carbocycles. The van der Waals surface area contributed by atoms with E-state index >= 15 is 0 Å². The zero-order chi connectivity index (χ0) is 20.6. The van der Waals surface area contributed by atoms with Crippen LogP contribution in [0.3, 0.4) is 0 Å². The lowest BCUT2D eigenvalue weighted by Gasteiger charge is -2.10. The van der Waals surface area contributed by atoms with Crippen molar-refractivity contribution in [3.63, 3.8) is 0 Å². The summed E-state index contributed by atoms with van der Waals surface area (Å²) >= 11 is 1.58. The van der Waals surface area contributed by atoms with E-state index in [0.29, 0.717) is 30.0 Å². The summed E-state index contributed by atoms with van der Waals surface area (Å²) in [5.74, 6) is 2.41. The topological polar surface area (TPSA) is 91.2 Å². The maximum Gasteiger partial charge on any atom is 0.255 e. The van der Waals surface area contributed by atoms with Crippen molar-refractivity contribution < 1.29 is 14.3 Å². The highest BCUT2D eigenvalue weighted by molar-refractivity contribution is 7.98. The number of rotatable bonds is 9. The second kappa shape index (κ2) is 9.92. The van der Waals surface area contributed by atoms with Gasteiger partial charge < -0.3 is 19.4 Å². The highest BCUT2D eigenvalue weighted by Gasteiger charge is 2.14. The molecule has 0 radical (unpaired) electrons. The molecule has 9 heteroatoms. The molecule has 29 heavy (non-hydrogen) atoms. The summed E-state index contributed by atoms with van der Waals surface area (Å²) in [6, 6.07) is 10.9. The van der Waals surface area contributed by atoms with Gasteiger partial charge in [-0.05, 0) is 24.3 Å². The van der Waals surface area contributed by atoms with Crippen LogP contribution < -0.4 is 14.8 Å². The number of aromatic nitrogens is 4. The quantitative estimate of drug-likeness (QED) is 0.539. The smallest absolute Gasteiger partial charge is 0.255 e. The fourth-order valence-corrected chi connectivity index (χ4v) is 3.52. The normalized spacial score (nSPS) is 10.6. The van der Waals surface area contributed by atoms with Crippen molar-refractivity contribution in [2.24, 2.45) is 7.05 Å². The number of hydrogen-bond donors (Lipinski definition) is 1. The zero-order valence-electron chi connectivity index (χ0n) is 16.6. The molecular weight excluding hydrogens is 390 g/mol. The van der Waals surface area contributed by atoms with Gasteiger partial charge in [-0.15, -0.1) is 10.2 Å². The number of thioether (sulfide) groups is 1. The third-order valence-corrected chi connectivity index (χ3v) is 5.34. The molecule has 2 aromatic heterocycles. The Morgan fingerprint density at radius 1 is 1.17 bits per heavy atom. The highest BCUT2D eigenvalue weighted by atomic mass is 32.2. The van der Waals surface area contributed by atoms with Crippen LogP contribution in [-0.2, 0) is 19.2 Å². The van der Waals surface area contributed by atoms with Crippen LogP contribution in [-0.4, -0.2) is 46.4 Å². The first-order valence-corrected chi connectivity index (χ1v) is 10.0. The molecule has 1 amide bonds. The van der Waals surface area contributed by atoms with Gasteiger partial charge in [-0.25, -0.2) is 0 Å². The third kappa shape index (κ3) is 5.26. The number of nitrogens with one attached hydrogen (secondary N) is 1. The van der Waals surface area contributed by atoms with E-state index in [2.05, 4.69) is 20.5 Å². The minimum Gasteiger partial charge on any atom is -0.497 e. The van der Waals surface area contributed by atoms with Crippen LogP contribution in [0.15, 0.2) is 47.8 Å². The number of nitrogens with zero attached hydrogens (tertiary/aromatic N) is 4. The largest absolute Gasteiger partial charge is 0.497 e. The molecule has 1 aromatic carbocycles. The number of amides is 1. The fraction of sp³-hybridized carbons (Fsp3) is 0.300. The molecule has 0 saturated carbocycles. The van der Waals surface area contributed by atoms with Crippen LogP contribution in [0, 0.1) is 0 Å². The molecule has 3 rings (SSSR count). The van der Waals surface area contributed by atoms with Gasteiger partial charge in [0.15, 0.2) is 5.16 Å². The van der Waals surface area contributed by atoms with E-state index in [-0.39, 0.29) is 5.91 Å². The maximum atomic E-state index is 12.5. The first kappa shape index (κ1) is 20.7. The molecule has 8 nitrogen and oxygen atoms in total. The van der Waals surface area contributed by atoms with Gasteiger partial charge in [0.2, 0.25) is 0 Å². The van der Waals surface area contributed by atoms with Crippen molar-refractivity contribution in [1.82, 2.24) is 25.1 Å². The van der Waals surface area contributed by atoms with Crippen molar-refractivity contribution in [3.05, 3.63) is 59.7 Å². The van der Waals surface area contributed by atoms with Gasteiger partial charge in [0.25, 0.3) is 5.91 Å². The van der Waals surface area contributed by atoms with Gasteiger partial charge in [-0.3, -0.25) is 9.78 Å². The van der Waals surface area contributed by atoms with Crippen LogP contribution in [0.2, 0.25) is 0 Å². The number of ether oxygens (including phenoxy) is 2. The average molecular weight is 414 g/mol. The molecule has 0 bridgehead atoms. The second-order valence-corrected chi connectivity index (χ2v) is 7.08. The molecular formula is C20H23N5O3S. The Balaban J connectivity index is 1.54. The first-order valence-electron chi connectivity index (χ1n) is 9.03. The molecule has 3 aromatic rings. The second-order valence-electron chi connectivity index (χ2n) is 6.14. The van der Waals surface area contributed by atoms with Gasteiger partial charge in [0.1, 0.15) is 17.3 Å². The Labute approximate surface area is 173 Å². The standard InChI is InChI=1S/C20H23N5O3S/c1-25-18(23-24-20(25)29-13-14-6-4-5-10-21-14)9-11-22-19(26)16-8-7-15(27-2)12-17(16)28-3/h4-8,10,12H,9,11,13H2,1-3H3,(H,22,26). The molecule has 0 spiro atoms. The predicted molar refractivity (Wildman–Crippen MR) is 110 cm³/mol. The van der Waals surface area contributed by atoms with Gasteiger partial charge in [-0.1, -0.05) is 17.8 Å². The Kier molecular flexibility index (Phi) is 7.07. The lowest BCUT2D eigenvalue weighted by Crippen LogP contribution is -2.26. The monoisotopic (exact) mass is 413 g/mol. The van der Waals surface area contributed by atoms with Crippen molar-refractivity contribution >= 4 is 17.7 Å². The fourth-order valence-electron chi connectivity index (χ4n) is 2.68. The number of pyridine rings is 1. The van der Waals surface area contributed by atoms with Crippen molar-refractivity contribution in [3.8, 4) is 11.5 Å². The number of carbonyl (C=O) groups is 1. The summed E-state index contributed by atoms with van der Waals surface area (Å²) in [4.78, 5) is 16.8. The van der Waals surface area contributed by atoms with Gasteiger partial charge in [-0.2, -0.15) is 0 Å². The van der Waals surface area contributed by atoms with E-state index in [1.807, 2.05) is 29.8 Å². The van der Waals surface area contributed by atoms with E-state index < -0.39 is 0 Å². The van der Waals surface area contributed by atoms with Crippen LogP contribution in [0.5, 0.6) is 11.5 Å². The maximum absolute atomic E-state index is 12.5. The summed E-state index contributed by atoms with van der Waals surface area (Å²) < 4.78 is 12.4. The van der Waals surface area contributed by atoms with E-state index in [4.69, 9.17) is 9.47 Å². The SMILES string of the molecule is COc1ccc(C(=O)NCCc2nnc(SCc3ccccn3)n2C)c(OC)c1. The van der Waals surface area contributed by atoms with E-state index in [1.165, 1.54) is 7.11 Å². The summed E-state index contributed by atoms with van der Waals surface area (Å²) in [7, 11) is 5.01. The molecule has 1 N–H and O–H groups in total. The van der Waals surface area contributed by atoms with E-state index in [1.54, 1.807) is 43.3 Å². The summed E-state index contributed by atoms with van der Waals surface area (Å²) in [6.45, 7) is 0.435. The molecule has 2 heterocycles. The van der Waals surface area contributed by atoms with Crippen molar-refractivity contribution in [2.75, 3.05) is 20.8 Å². The van der Waals surface area contributed by atoms with Gasteiger partial charge in [0, 0.05) is 38.0 Å². The molecule has 0 aliphatic heterocycles. The number of methoxy groups -OCH3 is 2. The van der Waals surface area contributed by atoms with Crippen molar-refractivity contribution in [1.29, 1.82) is 0 Å². The van der Waals surface area contributed by atoms with Crippen LogP contribution in [0.4, 0.5) is 0 Å². The Hall–Kier alpha value is -3.07. The van der Waals surface area contributed by atoms with Gasteiger partial charge in [0.05, 0.1) is 25.5 Å². The Morgan fingerprint density at radius 2 is 2.03 bits per heavy atom. The zero-order valence-corrected chi connectivity index (χ0v) is 17.4. The van der Waals surface area contributed by atoms with Crippen LogP contribution in [0.1, 0.15) is 21.9 Å². The van der Waals surface area contributed by atoms with Crippen LogP contribution in [0.25, 0.3) is 0 Å². The lowest BCUT2D eigenvalue weighted by molar-refractivity contribution is 0.0951. The minimum atomic E-state index is -0.212. The minimum absolute atomic E-state index is 0.212. The number of carbonyl (C=O) groups excluding carboxylic acids is 1. The predicted octanol–water partition coefficient (Wildman–Crippen LogP) is 2.49. The number of hydrogen-bond acceptors (Lipinski definition) is 7. The van der Waals surface area contributed by atoms with E-state index in [0.717, 1.165) is 22.4 Å². The first-order chi connectivity index (χ1) is 14.1. The molecule has 0 atom stereocenters. The summed E-state index contributed by atoms with van der Waals surface area (Å²) in [6.07, 6.45) is 2.34. The highest BCUT2D eigenvalue weighted by Crippen LogP contribution is 2.24. The summed E-state index contributed by atoms with van der Waals surface area (Å²) in [5, 5.41) is 12.2. The Morgan fingerprint density at radius 3 is 2.76 bits per heavy atom. The average Bonchev–Trinajstić information content (AvgIpc) is 3.11. The molecule has 152 valence electrons. The third-order valence-electron chi connectivity index (χ3n) is 4.29. The molecule has 0 unspecified atom stereocenters. The summed E-state index contributed by atoms with van der Waals surface area (Å²) in [5.41, 5.74) is 1.45. The van der Waals surface area contributed by atoms with Crippen molar-refractivity contribution in [2.45, 2.75) is 17.3 Å². The van der Waals surface area contributed by atoms with Crippen LogP contribution >= 0.6 is 11.8 Å².